The third-order valence-corrected chi connectivity index (χ3v) is 5.05. The van der Waals surface area contributed by atoms with Crippen LogP contribution in [-0.2, 0) is 6.42 Å². The Hall–Kier alpha value is -2.98. The van der Waals surface area contributed by atoms with Gasteiger partial charge in [0, 0.05) is 17.0 Å². The summed E-state index contributed by atoms with van der Waals surface area (Å²) in [6.07, 6.45) is 1.27. The van der Waals surface area contributed by atoms with Crippen molar-refractivity contribution in [3.05, 3.63) is 94.0 Å². The number of aromatic hydroxyl groups is 1. The number of anilines is 1. The molecule has 150 valence electrons. The number of carbonyl (C=O) groups excluding carboxylic acids is 1. The monoisotopic (exact) mass is 408 g/mol. The van der Waals surface area contributed by atoms with Gasteiger partial charge in [0.25, 0.3) is 0 Å². The van der Waals surface area contributed by atoms with Crippen molar-refractivity contribution in [2.24, 2.45) is 0 Å². The molecule has 3 rings (SSSR count). The van der Waals surface area contributed by atoms with Crippen molar-refractivity contribution < 1.29 is 9.90 Å². The normalized spacial score (nSPS) is 11.7. The number of hydrogen-bond donors (Lipinski definition) is 3. The molecule has 4 nitrogen and oxygen atoms in total. The summed E-state index contributed by atoms with van der Waals surface area (Å²) in [6, 6.07) is 20.6. The summed E-state index contributed by atoms with van der Waals surface area (Å²) in [7, 11) is 0. The summed E-state index contributed by atoms with van der Waals surface area (Å²) in [5, 5.41) is 16.8. The van der Waals surface area contributed by atoms with Gasteiger partial charge in [0.2, 0.25) is 0 Å². The van der Waals surface area contributed by atoms with Crippen molar-refractivity contribution in [3.63, 3.8) is 0 Å². The number of amides is 2. The number of nitrogens with one attached hydrogen (secondary N) is 2. The van der Waals surface area contributed by atoms with Crippen LogP contribution in [0.4, 0.5) is 10.5 Å². The van der Waals surface area contributed by atoms with Gasteiger partial charge >= 0.3 is 6.03 Å². The maximum atomic E-state index is 12.6. The van der Waals surface area contributed by atoms with Crippen molar-refractivity contribution in [2.75, 3.05) is 5.32 Å². The van der Waals surface area contributed by atoms with E-state index in [9.17, 15) is 9.90 Å². The highest BCUT2D eigenvalue weighted by Crippen LogP contribution is 2.33. The highest BCUT2D eigenvalue weighted by atomic mass is 35.5. The van der Waals surface area contributed by atoms with Crippen LogP contribution in [0.1, 0.15) is 41.6 Å². The minimum absolute atomic E-state index is 0.0248. The van der Waals surface area contributed by atoms with Crippen LogP contribution >= 0.6 is 11.6 Å². The Labute approximate surface area is 176 Å². The van der Waals surface area contributed by atoms with Crippen LogP contribution in [0.3, 0.4) is 0 Å². The number of aryl methyl sites for hydroxylation is 1. The summed E-state index contributed by atoms with van der Waals surface area (Å²) in [5.41, 5.74) is 4.20. The van der Waals surface area contributed by atoms with E-state index >= 15 is 0 Å². The van der Waals surface area contributed by atoms with Gasteiger partial charge in [-0.15, -0.1) is 0 Å². The standard InChI is InChI=1S/C24H25ClN2O2/c1-3-21(18-11-9-16(2)10-12-18)26-24(29)27-22-15-20(25)14-19(23(22)28)13-17-7-5-4-6-8-17/h4-12,14-15,21,28H,3,13H2,1-2H3,(H2,26,27,29)/t21-/m0/s1. The van der Waals surface area contributed by atoms with Gasteiger partial charge in [-0.25, -0.2) is 4.79 Å². The average molecular weight is 409 g/mol. The second kappa shape index (κ2) is 9.48. The fraction of sp³-hybridized carbons (Fsp3) is 0.208. The number of phenols is 1. The predicted molar refractivity (Wildman–Crippen MR) is 119 cm³/mol. The highest BCUT2D eigenvalue weighted by molar-refractivity contribution is 6.31. The minimum Gasteiger partial charge on any atom is -0.505 e. The number of phenolic OH excluding ortho intramolecular Hbond substituents is 1. The van der Waals surface area contributed by atoms with E-state index in [-0.39, 0.29) is 17.8 Å². The average Bonchev–Trinajstić information content (AvgIpc) is 2.71. The number of urea groups is 1. The molecule has 3 aromatic rings. The number of rotatable bonds is 6. The zero-order valence-electron chi connectivity index (χ0n) is 16.6. The van der Waals surface area contributed by atoms with Gasteiger partial charge < -0.3 is 15.7 Å². The predicted octanol–water partition coefficient (Wildman–Crippen LogP) is 6.22. The summed E-state index contributed by atoms with van der Waals surface area (Å²) in [4.78, 5) is 12.6. The molecule has 1 atom stereocenters. The summed E-state index contributed by atoms with van der Waals surface area (Å²) >= 11 is 6.23. The molecule has 0 aliphatic heterocycles. The lowest BCUT2D eigenvalue weighted by atomic mass is 10.0. The van der Waals surface area contributed by atoms with Crippen molar-refractivity contribution in [3.8, 4) is 5.75 Å². The van der Waals surface area contributed by atoms with E-state index in [0.29, 0.717) is 22.7 Å². The third kappa shape index (κ3) is 5.52. The molecule has 0 aliphatic rings. The van der Waals surface area contributed by atoms with Crippen molar-refractivity contribution in [2.45, 2.75) is 32.7 Å². The molecular weight excluding hydrogens is 384 g/mol. The Bertz CT molecular complexity index is 972. The van der Waals surface area contributed by atoms with E-state index in [1.807, 2.05) is 68.4 Å². The Balaban J connectivity index is 1.74. The molecule has 3 N–H and O–H groups in total. The van der Waals surface area contributed by atoms with Crippen molar-refractivity contribution in [1.29, 1.82) is 0 Å². The Morgan fingerprint density at radius 1 is 1.07 bits per heavy atom. The molecule has 0 unspecified atom stereocenters. The van der Waals surface area contributed by atoms with Crippen LogP contribution in [0.15, 0.2) is 66.7 Å². The largest absolute Gasteiger partial charge is 0.505 e. The van der Waals surface area contributed by atoms with Crippen LogP contribution in [0.25, 0.3) is 0 Å². The maximum Gasteiger partial charge on any atom is 0.319 e. The van der Waals surface area contributed by atoms with Gasteiger partial charge in [0.05, 0.1) is 11.7 Å². The maximum absolute atomic E-state index is 12.6. The molecule has 0 saturated carbocycles. The molecule has 5 heteroatoms. The lowest BCUT2D eigenvalue weighted by Crippen LogP contribution is -2.32. The van der Waals surface area contributed by atoms with Gasteiger partial charge in [-0.2, -0.15) is 0 Å². The van der Waals surface area contributed by atoms with Crippen LogP contribution in [0.5, 0.6) is 5.75 Å². The van der Waals surface area contributed by atoms with Gasteiger partial charge in [-0.1, -0.05) is 78.7 Å². The molecule has 0 bridgehead atoms. The molecule has 0 fully saturated rings. The fourth-order valence-electron chi connectivity index (χ4n) is 3.24. The van der Waals surface area contributed by atoms with Crippen LogP contribution in [-0.4, -0.2) is 11.1 Å². The second-order valence-corrected chi connectivity index (χ2v) is 7.53. The molecule has 0 saturated heterocycles. The summed E-state index contributed by atoms with van der Waals surface area (Å²) in [6.45, 7) is 4.04. The lowest BCUT2D eigenvalue weighted by Gasteiger charge is -2.19. The number of benzene rings is 3. The SMILES string of the molecule is CC[C@H](NC(=O)Nc1cc(Cl)cc(Cc2ccccc2)c1O)c1ccc(C)cc1. The minimum atomic E-state index is -0.388. The van der Waals surface area contributed by atoms with Crippen molar-refractivity contribution >= 4 is 23.3 Å². The Morgan fingerprint density at radius 3 is 2.41 bits per heavy atom. The zero-order chi connectivity index (χ0) is 20.8. The topological polar surface area (TPSA) is 61.4 Å². The fourth-order valence-corrected chi connectivity index (χ4v) is 3.48. The second-order valence-electron chi connectivity index (χ2n) is 7.09. The van der Waals surface area contributed by atoms with Crippen LogP contribution < -0.4 is 10.6 Å². The Morgan fingerprint density at radius 2 is 1.76 bits per heavy atom. The van der Waals surface area contributed by atoms with Crippen LogP contribution in [0.2, 0.25) is 5.02 Å². The molecule has 0 spiro atoms. The molecule has 29 heavy (non-hydrogen) atoms. The lowest BCUT2D eigenvalue weighted by molar-refractivity contribution is 0.248. The molecule has 0 aliphatic carbocycles. The summed E-state index contributed by atoms with van der Waals surface area (Å²) in [5.74, 6) is 0.0248. The number of halogens is 1. The highest BCUT2D eigenvalue weighted by Gasteiger charge is 2.16. The van der Waals surface area contributed by atoms with Gasteiger partial charge in [-0.05, 0) is 36.6 Å². The first-order valence-corrected chi connectivity index (χ1v) is 10.0. The molecule has 0 aromatic heterocycles. The Kier molecular flexibility index (Phi) is 6.78. The van der Waals surface area contributed by atoms with Crippen molar-refractivity contribution in [1.82, 2.24) is 5.32 Å². The quantitative estimate of drug-likeness (QED) is 0.424. The van der Waals surface area contributed by atoms with E-state index < -0.39 is 0 Å². The number of carbonyl (C=O) groups is 1. The van der Waals surface area contributed by atoms with Gasteiger partial charge in [0.15, 0.2) is 0 Å². The number of hydrogen-bond acceptors (Lipinski definition) is 2. The molecular formula is C24H25ClN2O2. The first-order valence-electron chi connectivity index (χ1n) is 9.65. The van der Waals surface area contributed by atoms with E-state index in [0.717, 1.165) is 17.5 Å². The zero-order valence-corrected chi connectivity index (χ0v) is 17.3. The van der Waals surface area contributed by atoms with E-state index in [1.54, 1.807) is 12.1 Å². The van der Waals surface area contributed by atoms with E-state index in [1.165, 1.54) is 5.56 Å². The molecule has 3 aromatic carbocycles. The first-order chi connectivity index (χ1) is 14.0. The first kappa shape index (κ1) is 20.7. The van der Waals surface area contributed by atoms with E-state index in [4.69, 9.17) is 11.6 Å². The van der Waals surface area contributed by atoms with Gasteiger partial charge in [0.1, 0.15) is 5.75 Å². The third-order valence-electron chi connectivity index (χ3n) is 4.83. The molecule has 2 amide bonds. The summed E-state index contributed by atoms with van der Waals surface area (Å²) < 4.78 is 0. The molecule has 0 heterocycles. The smallest absolute Gasteiger partial charge is 0.319 e. The molecule has 0 radical (unpaired) electrons. The van der Waals surface area contributed by atoms with Gasteiger partial charge in [-0.3, -0.25) is 0 Å². The van der Waals surface area contributed by atoms with Crippen LogP contribution in [0, 0.1) is 6.92 Å². The van der Waals surface area contributed by atoms with E-state index in [2.05, 4.69) is 10.6 Å².